The van der Waals surface area contributed by atoms with Gasteiger partial charge in [-0.1, -0.05) is 25.5 Å². The number of anilines is 3. The summed E-state index contributed by atoms with van der Waals surface area (Å²) in [5.74, 6) is 0.309. The zero-order valence-corrected chi connectivity index (χ0v) is 27.0. The summed E-state index contributed by atoms with van der Waals surface area (Å²) in [7, 11) is -3.59. The molecule has 2 N–H and O–H groups in total. The van der Waals surface area contributed by atoms with Crippen LogP contribution in [-0.2, 0) is 9.84 Å². The van der Waals surface area contributed by atoms with Crippen molar-refractivity contribution in [3.63, 3.8) is 0 Å². The molecule has 2 fully saturated rings. The van der Waals surface area contributed by atoms with Crippen LogP contribution >= 0.6 is 0 Å². The van der Waals surface area contributed by atoms with Gasteiger partial charge in [-0.15, -0.1) is 0 Å². The summed E-state index contributed by atoms with van der Waals surface area (Å²) < 4.78 is 26.5. The fourth-order valence-electron chi connectivity index (χ4n) is 6.41. The number of hydrogen-bond donors (Lipinski definition) is 1. The van der Waals surface area contributed by atoms with Crippen LogP contribution in [0.2, 0.25) is 0 Å². The number of rotatable bonds is 13. The van der Waals surface area contributed by atoms with Crippen molar-refractivity contribution in [2.45, 2.75) is 70.1 Å². The Kier molecular flexibility index (Phi) is 11.2. The van der Waals surface area contributed by atoms with Crippen molar-refractivity contribution in [2.75, 3.05) is 80.7 Å². The van der Waals surface area contributed by atoms with Gasteiger partial charge in [0.1, 0.15) is 0 Å². The van der Waals surface area contributed by atoms with E-state index in [1.54, 1.807) is 11.0 Å². The van der Waals surface area contributed by atoms with E-state index < -0.39 is 9.84 Å². The second-order valence-corrected chi connectivity index (χ2v) is 13.9. The fraction of sp³-hybridized carbons (Fsp3) is 0.606. The molecule has 42 heavy (non-hydrogen) atoms. The third-order valence-corrected chi connectivity index (χ3v) is 10.1. The Bertz CT molecular complexity index is 1280. The highest BCUT2D eigenvalue weighted by Crippen LogP contribution is 2.38. The predicted molar refractivity (Wildman–Crippen MR) is 175 cm³/mol. The van der Waals surface area contributed by atoms with E-state index in [0.29, 0.717) is 24.6 Å². The summed E-state index contributed by atoms with van der Waals surface area (Å²) in [6, 6.07) is 11.8. The molecule has 0 radical (unpaired) electrons. The standard InChI is InChI=1S/C33H51N5O3S/c1-5-8-19-37(23-22-35-17-9-10-18-35)30-25-31(32(42(4,40)41)24-29(30)33(39)36(6-2)7-3)38-20-15-27(16-21-38)26-11-13-28(34)14-12-26/h11-14,24-25,27H,5-10,15-23,34H2,1-4H3. The molecule has 0 saturated carbocycles. The number of sulfone groups is 1. The van der Waals surface area contributed by atoms with E-state index in [-0.39, 0.29) is 10.8 Å². The summed E-state index contributed by atoms with van der Waals surface area (Å²) >= 11 is 0. The lowest BCUT2D eigenvalue weighted by atomic mass is 9.89. The van der Waals surface area contributed by atoms with Gasteiger partial charge in [0.2, 0.25) is 0 Å². The highest BCUT2D eigenvalue weighted by molar-refractivity contribution is 7.90. The molecule has 0 bridgehead atoms. The van der Waals surface area contributed by atoms with E-state index >= 15 is 0 Å². The lowest BCUT2D eigenvalue weighted by Crippen LogP contribution is -2.38. The van der Waals surface area contributed by atoms with E-state index in [4.69, 9.17) is 5.73 Å². The molecule has 2 aliphatic rings. The number of hydrogen-bond acceptors (Lipinski definition) is 7. The van der Waals surface area contributed by atoms with Crippen LogP contribution in [0.3, 0.4) is 0 Å². The van der Waals surface area contributed by atoms with E-state index in [1.807, 2.05) is 32.0 Å². The molecule has 2 aliphatic heterocycles. The Labute approximate surface area is 253 Å². The maximum Gasteiger partial charge on any atom is 0.255 e. The number of nitrogen functional groups attached to an aromatic ring is 1. The SMILES string of the molecule is CCCCN(CCN1CCCC1)c1cc(N2CCC(c3ccc(N)cc3)CC2)c(S(C)(=O)=O)cc1C(=O)N(CC)CC. The molecule has 2 saturated heterocycles. The van der Waals surface area contributed by atoms with Crippen LogP contribution in [0.25, 0.3) is 0 Å². The lowest BCUT2D eigenvalue weighted by Gasteiger charge is -2.37. The Morgan fingerprint density at radius 3 is 2.17 bits per heavy atom. The van der Waals surface area contributed by atoms with Gasteiger partial charge in [-0.2, -0.15) is 0 Å². The molecule has 2 aromatic rings. The van der Waals surface area contributed by atoms with Crippen molar-refractivity contribution in [3.8, 4) is 0 Å². The van der Waals surface area contributed by atoms with Crippen LogP contribution in [0.4, 0.5) is 17.1 Å². The summed E-state index contributed by atoms with van der Waals surface area (Å²) in [6.45, 7) is 13.6. The van der Waals surface area contributed by atoms with Crippen molar-refractivity contribution in [3.05, 3.63) is 47.5 Å². The number of carbonyl (C=O) groups excluding carboxylic acids is 1. The molecule has 0 aliphatic carbocycles. The predicted octanol–water partition coefficient (Wildman–Crippen LogP) is 5.24. The van der Waals surface area contributed by atoms with Gasteiger partial charge in [0.15, 0.2) is 9.84 Å². The number of benzene rings is 2. The van der Waals surface area contributed by atoms with Crippen molar-refractivity contribution in [1.29, 1.82) is 0 Å². The van der Waals surface area contributed by atoms with Gasteiger partial charge in [0, 0.05) is 57.8 Å². The van der Waals surface area contributed by atoms with Gasteiger partial charge in [-0.25, -0.2) is 8.42 Å². The Balaban J connectivity index is 1.74. The molecule has 8 nitrogen and oxygen atoms in total. The van der Waals surface area contributed by atoms with Gasteiger partial charge in [0.05, 0.1) is 21.8 Å². The zero-order valence-electron chi connectivity index (χ0n) is 26.1. The number of nitrogens with zero attached hydrogens (tertiary/aromatic N) is 4. The zero-order chi connectivity index (χ0) is 30.3. The Morgan fingerprint density at radius 2 is 1.60 bits per heavy atom. The van der Waals surface area contributed by atoms with Gasteiger partial charge in [-0.3, -0.25) is 4.79 Å². The third kappa shape index (κ3) is 7.78. The van der Waals surface area contributed by atoms with E-state index in [9.17, 15) is 13.2 Å². The molecule has 0 spiro atoms. The third-order valence-electron chi connectivity index (χ3n) is 9.01. The largest absolute Gasteiger partial charge is 0.399 e. The van der Waals surface area contributed by atoms with Gasteiger partial charge < -0.3 is 25.3 Å². The van der Waals surface area contributed by atoms with Crippen molar-refractivity contribution < 1.29 is 13.2 Å². The van der Waals surface area contributed by atoms with Crippen LogP contribution in [0.5, 0.6) is 0 Å². The fourth-order valence-corrected chi connectivity index (χ4v) is 7.31. The molecular formula is C33H51N5O3S. The Morgan fingerprint density at radius 1 is 0.952 bits per heavy atom. The molecule has 1 amide bonds. The van der Waals surface area contributed by atoms with Crippen molar-refractivity contribution >= 4 is 32.8 Å². The first kappa shape index (κ1) is 32.1. The topological polar surface area (TPSA) is 90.2 Å². The highest BCUT2D eigenvalue weighted by Gasteiger charge is 2.30. The minimum Gasteiger partial charge on any atom is -0.399 e. The molecule has 0 aromatic heterocycles. The minimum absolute atomic E-state index is 0.101. The second kappa shape index (κ2) is 14.6. The number of likely N-dealkylation sites (tertiary alicyclic amines) is 1. The van der Waals surface area contributed by atoms with Crippen LogP contribution in [0, 0.1) is 0 Å². The number of unbranched alkanes of at least 4 members (excludes halogenated alkanes) is 1. The average Bonchev–Trinajstić information content (AvgIpc) is 3.51. The van der Waals surface area contributed by atoms with E-state index in [0.717, 1.165) is 88.6 Å². The summed E-state index contributed by atoms with van der Waals surface area (Å²) in [5, 5.41) is 0. The van der Waals surface area contributed by atoms with Gasteiger partial charge in [-0.05, 0) is 94.8 Å². The van der Waals surface area contributed by atoms with E-state index in [1.165, 1.54) is 24.7 Å². The molecule has 2 aromatic carbocycles. The number of nitrogens with two attached hydrogens (primary N) is 1. The van der Waals surface area contributed by atoms with E-state index in [2.05, 4.69) is 33.8 Å². The number of piperidine rings is 1. The van der Waals surface area contributed by atoms with Gasteiger partial charge >= 0.3 is 0 Å². The monoisotopic (exact) mass is 597 g/mol. The summed E-state index contributed by atoms with van der Waals surface area (Å²) in [6.07, 6.45) is 7.65. The first-order valence-electron chi connectivity index (χ1n) is 15.9. The van der Waals surface area contributed by atoms with Crippen molar-refractivity contribution in [1.82, 2.24) is 9.80 Å². The second-order valence-electron chi connectivity index (χ2n) is 11.9. The molecular weight excluding hydrogens is 546 g/mol. The van der Waals surface area contributed by atoms with Crippen LogP contribution in [-0.4, -0.2) is 89.3 Å². The molecule has 2 heterocycles. The summed E-state index contributed by atoms with van der Waals surface area (Å²) in [4.78, 5) is 23.0. The first-order valence-corrected chi connectivity index (χ1v) is 17.8. The molecule has 9 heteroatoms. The average molecular weight is 598 g/mol. The first-order chi connectivity index (χ1) is 20.2. The van der Waals surface area contributed by atoms with Crippen LogP contribution in [0.1, 0.15) is 81.1 Å². The quantitative estimate of drug-likeness (QED) is 0.316. The smallest absolute Gasteiger partial charge is 0.255 e. The molecule has 4 rings (SSSR count). The van der Waals surface area contributed by atoms with Crippen LogP contribution in [0.15, 0.2) is 41.3 Å². The maximum absolute atomic E-state index is 13.9. The van der Waals surface area contributed by atoms with Gasteiger partial charge in [0.25, 0.3) is 5.91 Å². The molecule has 232 valence electrons. The normalized spacial score (nSPS) is 16.6. The molecule has 0 atom stereocenters. The number of carbonyl (C=O) groups is 1. The Hall–Kier alpha value is -2.78. The highest BCUT2D eigenvalue weighted by atomic mass is 32.2. The minimum atomic E-state index is -3.59. The van der Waals surface area contributed by atoms with Crippen LogP contribution < -0.4 is 15.5 Å². The number of amides is 1. The molecule has 0 unspecified atom stereocenters. The summed E-state index contributed by atoms with van der Waals surface area (Å²) in [5.41, 5.74) is 10.0. The lowest BCUT2D eigenvalue weighted by molar-refractivity contribution is 0.0773. The van der Waals surface area contributed by atoms with Crippen molar-refractivity contribution in [2.24, 2.45) is 0 Å². The maximum atomic E-state index is 13.9.